The van der Waals surface area contributed by atoms with Gasteiger partial charge in [-0.2, -0.15) is 0 Å². The predicted octanol–water partition coefficient (Wildman–Crippen LogP) is 1.68. The summed E-state index contributed by atoms with van der Waals surface area (Å²) < 4.78 is 0. The molecule has 1 atom stereocenters. The molecule has 1 aliphatic rings. The van der Waals surface area contributed by atoms with Gasteiger partial charge < -0.3 is 10.6 Å². The van der Waals surface area contributed by atoms with Gasteiger partial charge in [-0.15, -0.1) is 0 Å². The van der Waals surface area contributed by atoms with Crippen LogP contribution < -0.4 is 10.6 Å². The molecule has 0 spiro atoms. The maximum atomic E-state index is 5.92. The van der Waals surface area contributed by atoms with Gasteiger partial charge in [0.2, 0.25) is 0 Å². The van der Waals surface area contributed by atoms with Gasteiger partial charge in [0.05, 0.1) is 6.20 Å². The highest BCUT2D eigenvalue weighted by molar-refractivity contribution is 6.32. The van der Waals surface area contributed by atoms with E-state index in [1.165, 1.54) is 19.2 Å². The van der Waals surface area contributed by atoms with Gasteiger partial charge in [-0.3, -0.25) is 0 Å². The van der Waals surface area contributed by atoms with Gasteiger partial charge in [0.1, 0.15) is 17.2 Å². The molecule has 82 valence electrons. The van der Waals surface area contributed by atoms with Crippen LogP contribution in [-0.4, -0.2) is 29.1 Å². The van der Waals surface area contributed by atoms with E-state index in [4.69, 9.17) is 11.6 Å². The molecule has 1 aromatic rings. The highest BCUT2D eigenvalue weighted by atomic mass is 35.5. The first-order valence-electron chi connectivity index (χ1n) is 5.29. The van der Waals surface area contributed by atoms with Crippen LogP contribution in [0.1, 0.15) is 19.3 Å². The minimum atomic E-state index is 0.580. The van der Waals surface area contributed by atoms with Crippen LogP contribution in [0.4, 0.5) is 5.82 Å². The van der Waals surface area contributed by atoms with Crippen LogP contribution in [0.15, 0.2) is 12.5 Å². The van der Waals surface area contributed by atoms with Crippen LogP contribution in [0.5, 0.6) is 0 Å². The average Bonchev–Trinajstić information content (AvgIpc) is 2.74. The number of rotatable bonds is 4. The molecule has 0 aliphatic carbocycles. The third-order valence-corrected chi connectivity index (χ3v) is 2.89. The number of nitrogens with one attached hydrogen (secondary N) is 2. The fraction of sp³-hybridized carbons (Fsp3) is 0.600. The molecule has 0 bridgehead atoms. The molecule has 0 amide bonds. The Balaban J connectivity index is 1.75. The average molecular weight is 227 g/mol. The molecule has 5 heteroatoms. The molecular weight excluding hydrogens is 212 g/mol. The highest BCUT2D eigenvalue weighted by Crippen LogP contribution is 2.16. The van der Waals surface area contributed by atoms with Gasteiger partial charge in [-0.25, -0.2) is 9.97 Å². The second-order valence-corrected chi connectivity index (χ2v) is 4.14. The summed E-state index contributed by atoms with van der Waals surface area (Å²) in [5.41, 5.74) is 0. The number of hydrogen-bond acceptors (Lipinski definition) is 4. The Morgan fingerprint density at radius 2 is 2.53 bits per heavy atom. The summed E-state index contributed by atoms with van der Waals surface area (Å²) in [7, 11) is 0. The smallest absolute Gasteiger partial charge is 0.148 e. The van der Waals surface area contributed by atoms with Crippen LogP contribution in [0.3, 0.4) is 0 Å². The Kier molecular flexibility index (Phi) is 3.75. The molecule has 1 aromatic heterocycles. The molecule has 0 saturated carbocycles. The molecule has 1 aliphatic heterocycles. The molecule has 15 heavy (non-hydrogen) atoms. The van der Waals surface area contributed by atoms with Crippen molar-refractivity contribution in [2.45, 2.75) is 25.3 Å². The summed E-state index contributed by atoms with van der Waals surface area (Å²) in [4.78, 5) is 7.90. The lowest BCUT2D eigenvalue weighted by Gasteiger charge is -2.11. The van der Waals surface area contributed by atoms with Crippen molar-refractivity contribution in [1.82, 2.24) is 15.3 Å². The van der Waals surface area contributed by atoms with E-state index in [1.807, 2.05) is 0 Å². The van der Waals surface area contributed by atoms with E-state index in [-0.39, 0.29) is 0 Å². The maximum absolute atomic E-state index is 5.92. The summed E-state index contributed by atoms with van der Waals surface area (Å²) in [5, 5.41) is 7.25. The zero-order valence-corrected chi connectivity index (χ0v) is 9.30. The normalized spacial score (nSPS) is 20.5. The third-order valence-electron chi connectivity index (χ3n) is 2.62. The largest absolute Gasteiger partial charge is 0.369 e. The van der Waals surface area contributed by atoms with E-state index in [0.29, 0.717) is 11.1 Å². The molecular formula is C10H15ClN4. The summed E-state index contributed by atoms with van der Waals surface area (Å²) in [6.07, 6.45) is 6.78. The number of hydrogen-bond donors (Lipinski definition) is 2. The van der Waals surface area contributed by atoms with Crippen LogP contribution in [0.25, 0.3) is 0 Å². The van der Waals surface area contributed by atoms with Gasteiger partial charge >= 0.3 is 0 Å². The molecule has 1 fully saturated rings. The topological polar surface area (TPSA) is 49.8 Å². The van der Waals surface area contributed by atoms with Crippen LogP contribution in [0.2, 0.25) is 5.02 Å². The molecule has 2 rings (SSSR count). The number of aromatic nitrogens is 2. The minimum Gasteiger partial charge on any atom is -0.369 e. The van der Waals surface area contributed by atoms with Gasteiger partial charge in [0.15, 0.2) is 0 Å². The molecule has 4 nitrogen and oxygen atoms in total. The summed E-state index contributed by atoms with van der Waals surface area (Å²) in [5.74, 6) is 0.727. The number of nitrogens with zero attached hydrogens (tertiary/aromatic N) is 2. The number of anilines is 1. The lowest BCUT2D eigenvalue weighted by molar-refractivity contribution is 0.574. The van der Waals surface area contributed by atoms with Crippen molar-refractivity contribution in [3.63, 3.8) is 0 Å². The van der Waals surface area contributed by atoms with Gasteiger partial charge in [-0.1, -0.05) is 11.6 Å². The van der Waals surface area contributed by atoms with Crippen molar-refractivity contribution in [1.29, 1.82) is 0 Å². The Hall–Kier alpha value is -0.870. The first kappa shape index (κ1) is 10.6. The van der Waals surface area contributed by atoms with Gasteiger partial charge in [0, 0.05) is 12.6 Å². The van der Waals surface area contributed by atoms with E-state index in [2.05, 4.69) is 20.6 Å². The molecule has 0 radical (unpaired) electrons. The Morgan fingerprint density at radius 1 is 1.60 bits per heavy atom. The van der Waals surface area contributed by atoms with Crippen LogP contribution in [0, 0.1) is 0 Å². The molecule has 2 heterocycles. The van der Waals surface area contributed by atoms with Crippen molar-refractivity contribution in [3.8, 4) is 0 Å². The Morgan fingerprint density at radius 3 is 3.27 bits per heavy atom. The van der Waals surface area contributed by atoms with E-state index in [0.717, 1.165) is 25.3 Å². The quantitative estimate of drug-likeness (QED) is 0.821. The lowest BCUT2D eigenvalue weighted by atomic mass is 10.1. The highest BCUT2D eigenvalue weighted by Gasteiger charge is 2.13. The second-order valence-electron chi connectivity index (χ2n) is 3.73. The standard InChI is InChI=1S/C10H15ClN4/c11-9-6-12-7-15-10(9)14-5-3-8-2-1-4-13-8/h6-8,13H,1-5H2,(H,12,14,15)/t8-/m1/s1. The Bertz CT molecular complexity index is 312. The van der Waals surface area contributed by atoms with Crippen molar-refractivity contribution in [2.75, 3.05) is 18.4 Å². The van der Waals surface area contributed by atoms with Gasteiger partial charge in [0.25, 0.3) is 0 Å². The molecule has 2 N–H and O–H groups in total. The van der Waals surface area contributed by atoms with E-state index in [9.17, 15) is 0 Å². The van der Waals surface area contributed by atoms with Crippen molar-refractivity contribution in [2.24, 2.45) is 0 Å². The maximum Gasteiger partial charge on any atom is 0.148 e. The summed E-state index contributed by atoms with van der Waals surface area (Å²) >= 11 is 5.92. The minimum absolute atomic E-state index is 0.580. The zero-order chi connectivity index (χ0) is 10.5. The monoisotopic (exact) mass is 226 g/mol. The fourth-order valence-electron chi connectivity index (χ4n) is 1.81. The number of halogens is 1. The zero-order valence-electron chi connectivity index (χ0n) is 8.54. The summed E-state index contributed by atoms with van der Waals surface area (Å²) in [6, 6.07) is 0.651. The molecule has 0 unspecified atom stereocenters. The van der Waals surface area contributed by atoms with E-state index in [1.54, 1.807) is 6.20 Å². The molecule has 0 aromatic carbocycles. The Labute approximate surface area is 94.5 Å². The first-order chi connectivity index (χ1) is 7.36. The van der Waals surface area contributed by atoms with Crippen molar-refractivity contribution in [3.05, 3.63) is 17.5 Å². The fourth-order valence-corrected chi connectivity index (χ4v) is 1.98. The van der Waals surface area contributed by atoms with E-state index >= 15 is 0 Å². The van der Waals surface area contributed by atoms with Crippen molar-refractivity contribution < 1.29 is 0 Å². The van der Waals surface area contributed by atoms with Gasteiger partial charge in [-0.05, 0) is 25.8 Å². The van der Waals surface area contributed by atoms with E-state index < -0.39 is 0 Å². The second kappa shape index (κ2) is 5.28. The summed E-state index contributed by atoms with van der Waals surface area (Å²) in [6.45, 7) is 2.05. The lowest BCUT2D eigenvalue weighted by Crippen LogP contribution is -2.24. The third kappa shape index (κ3) is 3.04. The molecule has 1 saturated heterocycles. The van der Waals surface area contributed by atoms with Crippen LogP contribution in [-0.2, 0) is 0 Å². The van der Waals surface area contributed by atoms with Crippen molar-refractivity contribution >= 4 is 17.4 Å². The first-order valence-corrected chi connectivity index (χ1v) is 5.67. The SMILES string of the molecule is Clc1cncnc1NCC[C@H]1CCCN1. The predicted molar refractivity (Wildman–Crippen MR) is 61.2 cm³/mol. The van der Waals surface area contributed by atoms with Crippen LogP contribution >= 0.6 is 11.6 Å².